The summed E-state index contributed by atoms with van der Waals surface area (Å²) >= 11 is 0. The van der Waals surface area contributed by atoms with Crippen LogP contribution in [-0.4, -0.2) is 43.0 Å². The van der Waals surface area contributed by atoms with Gasteiger partial charge in [-0.05, 0) is 41.7 Å². The number of hydrogen-bond donors (Lipinski definition) is 1. The third-order valence-electron chi connectivity index (χ3n) is 4.88. The number of anilines is 1. The number of nitrogens with zero attached hydrogens (tertiary/aromatic N) is 2. The SMILES string of the molecule is O=C1NCCCN1CC(=O)N1CCc2cc(-c3ccccc3)ccc21. The summed E-state index contributed by atoms with van der Waals surface area (Å²) in [7, 11) is 0. The monoisotopic (exact) mass is 335 g/mol. The maximum absolute atomic E-state index is 12.7. The van der Waals surface area contributed by atoms with Crippen molar-refractivity contribution in [3.63, 3.8) is 0 Å². The number of carbonyl (C=O) groups is 2. The molecule has 2 aliphatic heterocycles. The van der Waals surface area contributed by atoms with Crippen LogP contribution in [0.2, 0.25) is 0 Å². The number of carbonyl (C=O) groups excluding carboxylic acids is 2. The number of fused-ring (bicyclic) bond motifs is 1. The highest BCUT2D eigenvalue weighted by Crippen LogP contribution is 2.32. The molecule has 5 heteroatoms. The molecule has 1 fully saturated rings. The van der Waals surface area contributed by atoms with Gasteiger partial charge in [-0.1, -0.05) is 36.4 Å². The number of rotatable bonds is 3. The lowest BCUT2D eigenvalue weighted by molar-refractivity contribution is -0.119. The van der Waals surface area contributed by atoms with E-state index >= 15 is 0 Å². The van der Waals surface area contributed by atoms with Crippen molar-refractivity contribution in [2.45, 2.75) is 12.8 Å². The van der Waals surface area contributed by atoms with Gasteiger partial charge < -0.3 is 15.1 Å². The molecule has 0 radical (unpaired) electrons. The van der Waals surface area contributed by atoms with Gasteiger partial charge in [-0.2, -0.15) is 0 Å². The van der Waals surface area contributed by atoms with Crippen LogP contribution in [0, 0.1) is 0 Å². The summed E-state index contributed by atoms with van der Waals surface area (Å²) in [6.07, 6.45) is 1.74. The molecule has 2 heterocycles. The van der Waals surface area contributed by atoms with E-state index in [2.05, 4.69) is 29.6 Å². The molecule has 0 aliphatic carbocycles. The molecule has 1 saturated heterocycles. The molecule has 0 bridgehead atoms. The number of urea groups is 1. The minimum Gasteiger partial charge on any atom is -0.338 e. The molecule has 1 N–H and O–H groups in total. The van der Waals surface area contributed by atoms with Gasteiger partial charge in [0.15, 0.2) is 0 Å². The lowest BCUT2D eigenvalue weighted by Crippen LogP contribution is -2.50. The van der Waals surface area contributed by atoms with E-state index in [4.69, 9.17) is 0 Å². The fourth-order valence-corrected chi connectivity index (χ4v) is 3.55. The average Bonchev–Trinajstić information content (AvgIpc) is 3.07. The van der Waals surface area contributed by atoms with Gasteiger partial charge in [-0.3, -0.25) is 4.79 Å². The van der Waals surface area contributed by atoms with Gasteiger partial charge in [0, 0.05) is 25.3 Å². The first-order chi connectivity index (χ1) is 12.2. The standard InChI is InChI=1S/C20H21N3O2/c24-19(14-22-11-4-10-21-20(22)25)23-12-9-17-13-16(7-8-18(17)23)15-5-2-1-3-6-15/h1-3,5-8,13H,4,9-12,14H2,(H,21,25). The van der Waals surface area contributed by atoms with Crippen LogP contribution < -0.4 is 10.2 Å². The smallest absolute Gasteiger partial charge is 0.317 e. The summed E-state index contributed by atoms with van der Waals surface area (Å²) < 4.78 is 0. The van der Waals surface area contributed by atoms with Gasteiger partial charge in [0.1, 0.15) is 6.54 Å². The molecule has 0 atom stereocenters. The fraction of sp³-hybridized carbons (Fsp3) is 0.300. The van der Waals surface area contributed by atoms with Gasteiger partial charge in [0.05, 0.1) is 0 Å². The Morgan fingerprint density at radius 3 is 2.68 bits per heavy atom. The van der Waals surface area contributed by atoms with E-state index in [1.54, 1.807) is 4.90 Å². The lowest BCUT2D eigenvalue weighted by Gasteiger charge is -2.28. The van der Waals surface area contributed by atoms with Crippen molar-refractivity contribution in [2.24, 2.45) is 0 Å². The van der Waals surface area contributed by atoms with E-state index < -0.39 is 0 Å². The zero-order valence-electron chi connectivity index (χ0n) is 14.1. The van der Waals surface area contributed by atoms with Gasteiger partial charge in [0.25, 0.3) is 0 Å². The van der Waals surface area contributed by atoms with Gasteiger partial charge in [-0.25, -0.2) is 4.79 Å². The second kappa shape index (κ2) is 6.59. The van der Waals surface area contributed by atoms with Crippen LogP contribution in [0.4, 0.5) is 10.5 Å². The van der Waals surface area contributed by atoms with Crippen molar-refractivity contribution in [1.29, 1.82) is 0 Å². The van der Waals surface area contributed by atoms with E-state index in [0.717, 1.165) is 18.5 Å². The molecule has 0 spiro atoms. The second-order valence-corrected chi connectivity index (χ2v) is 6.51. The van der Waals surface area contributed by atoms with Crippen LogP contribution in [0.25, 0.3) is 11.1 Å². The zero-order chi connectivity index (χ0) is 17.2. The average molecular weight is 335 g/mol. The van der Waals surface area contributed by atoms with E-state index in [9.17, 15) is 9.59 Å². The Morgan fingerprint density at radius 1 is 1.04 bits per heavy atom. The summed E-state index contributed by atoms with van der Waals surface area (Å²) in [6, 6.07) is 16.4. The Morgan fingerprint density at radius 2 is 1.88 bits per heavy atom. The quantitative estimate of drug-likeness (QED) is 0.937. The van der Waals surface area contributed by atoms with Crippen molar-refractivity contribution >= 4 is 17.6 Å². The maximum atomic E-state index is 12.7. The van der Waals surface area contributed by atoms with Crippen LogP contribution in [0.3, 0.4) is 0 Å². The molecule has 5 nitrogen and oxygen atoms in total. The first kappa shape index (κ1) is 15.7. The number of amides is 3. The van der Waals surface area contributed by atoms with Crippen molar-refractivity contribution in [1.82, 2.24) is 10.2 Å². The summed E-state index contributed by atoms with van der Waals surface area (Å²) in [4.78, 5) is 27.9. The fourth-order valence-electron chi connectivity index (χ4n) is 3.55. The molecule has 25 heavy (non-hydrogen) atoms. The third-order valence-corrected chi connectivity index (χ3v) is 4.88. The molecular formula is C20H21N3O2. The van der Waals surface area contributed by atoms with Gasteiger partial charge in [0.2, 0.25) is 5.91 Å². The molecule has 2 aliphatic rings. The Kier molecular flexibility index (Phi) is 4.14. The predicted molar refractivity (Wildman–Crippen MR) is 97.5 cm³/mol. The molecule has 2 aromatic rings. The first-order valence-electron chi connectivity index (χ1n) is 8.74. The molecular weight excluding hydrogens is 314 g/mol. The molecule has 3 amide bonds. The van der Waals surface area contributed by atoms with Crippen LogP contribution in [-0.2, 0) is 11.2 Å². The predicted octanol–water partition coefficient (Wildman–Crippen LogP) is 2.66. The number of hydrogen-bond acceptors (Lipinski definition) is 2. The summed E-state index contributed by atoms with van der Waals surface area (Å²) in [5.41, 5.74) is 4.52. The lowest BCUT2D eigenvalue weighted by atomic mass is 10.0. The van der Waals surface area contributed by atoms with E-state index in [1.807, 2.05) is 29.2 Å². The highest BCUT2D eigenvalue weighted by atomic mass is 16.2. The third kappa shape index (κ3) is 3.09. The van der Waals surface area contributed by atoms with Gasteiger partial charge >= 0.3 is 6.03 Å². The Bertz CT molecular complexity index is 804. The van der Waals surface area contributed by atoms with Gasteiger partial charge in [-0.15, -0.1) is 0 Å². The van der Waals surface area contributed by atoms with Crippen molar-refractivity contribution in [2.75, 3.05) is 31.1 Å². The first-order valence-corrected chi connectivity index (χ1v) is 8.74. The van der Waals surface area contributed by atoms with Crippen LogP contribution in [0.15, 0.2) is 48.5 Å². The molecule has 0 aromatic heterocycles. The molecule has 4 rings (SSSR count). The number of benzene rings is 2. The second-order valence-electron chi connectivity index (χ2n) is 6.51. The number of nitrogens with one attached hydrogen (secondary N) is 1. The molecule has 0 unspecified atom stereocenters. The summed E-state index contributed by atoms with van der Waals surface area (Å²) in [5, 5.41) is 2.79. The Labute approximate surface area is 147 Å². The largest absolute Gasteiger partial charge is 0.338 e. The van der Waals surface area contributed by atoms with Crippen LogP contribution in [0.1, 0.15) is 12.0 Å². The topological polar surface area (TPSA) is 52.7 Å². The van der Waals surface area contributed by atoms with Crippen molar-refractivity contribution in [3.05, 3.63) is 54.1 Å². The minimum atomic E-state index is -0.140. The molecule has 2 aromatic carbocycles. The van der Waals surface area contributed by atoms with Crippen LogP contribution in [0.5, 0.6) is 0 Å². The summed E-state index contributed by atoms with van der Waals surface area (Å²) in [6.45, 7) is 2.16. The highest BCUT2D eigenvalue weighted by molar-refractivity contribution is 5.98. The summed E-state index contributed by atoms with van der Waals surface area (Å²) in [5.74, 6) is -0.0109. The van der Waals surface area contributed by atoms with Crippen LogP contribution >= 0.6 is 0 Å². The molecule has 0 saturated carbocycles. The van der Waals surface area contributed by atoms with E-state index in [0.29, 0.717) is 19.6 Å². The zero-order valence-corrected chi connectivity index (χ0v) is 14.1. The molecule has 128 valence electrons. The van der Waals surface area contributed by atoms with Crippen molar-refractivity contribution in [3.8, 4) is 11.1 Å². The maximum Gasteiger partial charge on any atom is 0.317 e. The Hall–Kier alpha value is -2.82. The van der Waals surface area contributed by atoms with E-state index in [-0.39, 0.29) is 18.5 Å². The Balaban J connectivity index is 1.52. The normalized spacial score (nSPS) is 16.6. The highest BCUT2D eigenvalue weighted by Gasteiger charge is 2.28. The minimum absolute atomic E-state index is 0.0109. The van der Waals surface area contributed by atoms with Crippen molar-refractivity contribution < 1.29 is 9.59 Å². The van der Waals surface area contributed by atoms with E-state index in [1.165, 1.54) is 16.7 Å².